The summed E-state index contributed by atoms with van der Waals surface area (Å²) in [5.74, 6) is -0.842. The Morgan fingerprint density at radius 2 is 2.05 bits per heavy atom. The molecule has 19 heavy (non-hydrogen) atoms. The van der Waals surface area contributed by atoms with Gasteiger partial charge in [-0.05, 0) is 12.4 Å². The van der Waals surface area contributed by atoms with E-state index in [1.165, 1.54) is 11.9 Å². The average molecular weight is 261 g/mol. The number of hydrogen-bond donors (Lipinski definition) is 1. The molecule has 1 N–H and O–H groups in total. The lowest BCUT2D eigenvalue weighted by molar-refractivity contribution is -0.147. The zero-order valence-corrected chi connectivity index (χ0v) is 10.9. The highest BCUT2D eigenvalue weighted by Crippen LogP contribution is 2.34. The largest absolute Gasteiger partial charge is 0.468 e. The number of hydrogen-bond acceptors (Lipinski definition) is 5. The number of carbonyl (C=O) groups excluding carboxylic acids is 2. The second-order valence-electron chi connectivity index (χ2n) is 4.60. The first kappa shape index (κ1) is 13.8. The van der Waals surface area contributed by atoms with Crippen LogP contribution in [0.3, 0.4) is 0 Å². The summed E-state index contributed by atoms with van der Waals surface area (Å²) in [5.41, 5.74) is 0.906. The van der Waals surface area contributed by atoms with Gasteiger partial charge in [0, 0.05) is 12.5 Å². The Morgan fingerprint density at radius 3 is 2.58 bits per heavy atom. The SMILES string of the molecule is COC(=O)C1C(=O)CC(c2ccccc2)N1B(C)O. The summed E-state index contributed by atoms with van der Waals surface area (Å²) in [6, 6.07) is 8.06. The summed E-state index contributed by atoms with van der Waals surface area (Å²) >= 11 is 0. The number of Topliss-reactive ketones (excluding diaryl/α,β-unsaturated/α-hetero) is 1. The van der Waals surface area contributed by atoms with Crippen LogP contribution in [0.5, 0.6) is 0 Å². The Hall–Kier alpha value is -1.66. The van der Waals surface area contributed by atoms with Crippen LogP contribution in [0.1, 0.15) is 18.0 Å². The first-order chi connectivity index (χ1) is 9.06. The van der Waals surface area contributed by atoms with Gasteiger partial charge in [0.25, 0.3) is 0 Å². The van der Waals surface area contributed by atoms with Crippen LogP contribution in [0.4, 0.5) is 0 Å². The van der Waals surface area contributed by atoms with Crippen LogP contribution in [0.15, 0.2) is 30.3 Å². The highest BCUT2D eigenvalue weighted by Gasteiger charge is 2.48. The molecule has 1 aromatic rings. The molecule has 6 heteroatoms. The fourth-order valence-corrected chi connectivity index (χ4v) is 2.56. The van der Waals surface area contributed by atoms with E-state index in [0.29, 0.717) is 0 Å². The highest BCUT2D eigenvalue weighted by atomic mass is 16.5. The van der Waals surface area contributed by atoms with Gasteiger partial charge in [-0.15, -0.1) is 0 Å². The maximum Gasteiger partial charge on any atom is 0.377 e. The summed E-state index contributed by atoms with van der Waals surface area (Å²) in [5, 5.41) is 9.88. The molecule has 1 aliphatic heterocycles. The molecule has 2 unspecified atom stereocenters. The minimum Gasteiger partial charge on any atom is -0.468 e. The van der Waals surface area contributed by atoms with Crippen molar-refractivity contribution >= 4 is 18.8 Å². The molecule has 0 radical (unpaired) electrons. The van der Waals surface area contributed by atoms with Crippen molar-refractivity contribution < 1.29 is 19.3 Å². The summed E-state index contributed by atoms with van der Waals surface area (Å²) < 4.78 is 4.66. The minimum absolute atomic E-state index is 0.203. The number of benzene rings is 1. The van der Waals surface area contributed by atoms with E-state index in [1.807, 2.05) is 30.3 Å². The number of nitrogens with zero attached hydrogens (tertiary/aromatic N) is 1. The summed E-state index contributed by atoms with van der Waals surface area (Å²) in [4.78, 5) is 25.2. The Labute approximate surface area is 112 Å². The molecule has 0 bridgehead atoms. The molecule has 100 valence electrons. The van der Waals surface area contributed by atoms with Gasteiger partial charge in [0.1, 0.15) is 0 Å². The number of methoxy groups -OCH3 is 1. The molecule has 1 aromatic carbocycles. The molecule has 0 aliphatic carbocycles. The average Bonchev–Trinajstić information content (AvgIpc) is 2.76. The molecular weight excluding hydrogens is 245 g/mol. The van der Waals surface area contributed by atoms with Crippen molar-refractivity contribution in [2.75, 3.05) is 7.11 Å². The van der Waals surface area contributed by atoms with E-state index < -0.39 is 19.1 Å². The van der Waals surface area contributed by atoms with Crippen LogP contribution in [0, 0.1) is 0 Å². The normalized spacial score (nSPS) is 23.4. The zero-order valence-electron chi connectivity index (χ0n) is 10.9. The van der Waals surface area contributed by atoms with Crippen molar-refractivity contribution in [3.05, 3.63) is 35.9 Å². The third kappa shape index (κ3) is 2.55. The number of ether oxygens (including phenoxy) is 1. The molecule has 1 saturated heterocycles. The lowest BCUT2D eigenvalue weighted by atomic mass is 9.81. The van der Waals surface area contributed by atoms with Gasteiger partial charge in [0.2, 0.25) is 0 Å². The molecule has 1 fully saturated rings. The Balaban J connectivity index is 2.36. The van der Waals surface area contributed by atoms with Crippen molar-refractivity contribution in [2.24, 2.45) is 0 Å². The first-order valence-corrected chi connectivity index (χ1v) is 6.17. The lowest BCUT2D eigenvalue weighted by Gasteiger charge is -2.28. The topological polar surface area (TPSA) is 66.8 Å². The molecule has 0 saturated carbocycles. The second-order valence-corrected chi connectivity index (χ2v) is 4.60. The van der Waals surface area contributed by atoms with Crippen LogP contribution in [-0.4, -0.2) is 41.8 Å². The lowest BCUT2D eigenvalue weighted by Crippen LogP contribution is -2.48. The van der Waals surface area contributed by atoms with Crippen LogP contribution < -0.4 is 0 Å². The van der Waals surface area contributed by atoms with Crippen molar-refractivity contribution in [1.82, 2.24) is 4.81 Å². The van der Waals surface area contributed by atoms with Crippen molar-refractivity contribution in [2.45, 2.75) is 25.3 Å². The van der Waals surface area contributed by atoms with E-state index in [4.69, 9.17) is 0 Å². The molecule has 2 rings (SSSR count). The van der Waals surface area contributed by atoms with Gasteiger partial charge >= 0.3 is 13.0 Å². The fourth-order valence-electron chi connectivity index (χ4n) is 2.56. The molecule has 0 aromatic heterocycles. The summed E-state index contributed by atoms with van der Waals surface area (Å²) in [7, 11) is 0.340. The molecule has 0 spiro atoms. The standard InChI is InChI=1S/C13H16BNO4/c1-14(18)15-10(9-6-4-3-5-7-9)8-11(16)12(15)13(17)19-2/h3-7,10,12,18H,8H2,1-2H3. The zero-order chi connectivity index (χ0) is 14.0. The van der Waals surface area contributed by atoms with Crippen LogP contribution in [-0.2, 0) is 14.3 Å². The smallest absolute Gasteiger partial charge is 0.377 e. The van der Waals surface area contributed by atoms with Crippen LogP contribution >= 0.6 is 0 Å². The molecule has 2 atom stereocenters. The maximum absolute atomic E-state index is 12.0. The quantitative estimate of drug-likeness (QED) is 0.491. The van der Waals surface area contributed by atoms with E-state index in [-0.39, 0.29) is 18.2 Å². The summed E-state index contributed by atoms with van der Waals surface area (Å²) in [6.07, 6.45) is 0.203. The fraction of sp³-hybridized carbons (Fsp3) is 0.385. The van der Waals surface area contributed by atoms with Crippen molar-refractivity contribution in [3.63, 3.8) is 0 Å². The number of esters is 1. The third-order valence-electron chi connectivity index (χ3n) is 3.40. The first-order valence-electron chi connectivity index (χ1n) is 6.17. The van der Waals surface area contributed by atoms with Gasteiger partial charge in [-0.25, -0.2) is 4.79 Å². The second kappa shape index (κ2) is 5.55. The van der Waals surface area contributed by atoms with E-state index in [0.717, 1.165) is 5.56 Å². The number of rotatable bonds is 3. The molecular formula is C13H16BNO4. The van der Waals surface area contributed by atoms with Gasteiger partial charge in [-0.3, -0.25) is 9.61 Å². The predicted octanol–water partition coefficient (Wildman–Crippen LogP) is 0.654. The van der Waals surface area contributed by atoms with Crippen molar-refractivity contribution in [1.29, 1.82) is 0 Å². The van der Waals surface area contributed by atoms with Gasteiger partial charge in [-0.1, -0.05) is 30.3 Å². The van der Waals surface area contributed by atoms with Crippen LogP contribution in [0.2, 0.25) is 6.82 Å². The highest BCUT2D eigenvalue weighted by molar-refractivity contribution is 6.47. The molecule has 0 amide bonds. The maximum atomic E-state index is 12.0. The van der Waals surface area contributed by atoms with Crippen molar-refractivity contribution in [3.8, 4) is 0 Å². The van der Waals surface area contributed by atoms with Gasteiger partial charge in [-0.2, -0.15) is 0 Å². The number of ketones is 1. The monoisotopic (exact) mass is 261 g/mol. The minimum atomic E-state index is -1.02. The summed E-state index contributed by atoms with van der Waals surface area (Å²) in [6.45, 7) is 1.55. The van der Waals surface area contributed by atoms with Crippen LogP contribution in [0.25, 0.3) is 0 Å². The van der Waals surface area contributed by atoms with Gasteiger partial charge < -0.3 is 9.76 Å². The van der Waals surface area contributed by atoms with Gasteiger partial charge in [0.15, 0.2) is 11.8 Å². The Morgan fingerprint density at radius 1 is 1.42 bits per heavy atom. The predicted molar refractivity (Wildman–Crippen MR) is 70.3 cm³/mol. The molecule has 1 heterocycles. The third-order valence-corrected chi connectivity index (χ3v) is 3.40. The van der Waals surface area contributed by atoms with E-state index in [9.17, 15) is 14.6 Å². The van der Waals surface area contributed by atoms with Gasteiger partial charge in [0.05, 0.1) is 7.11 Å². The van der Waals surface area contributed by atoms with E-state index >= 15 is 0 Å². The van der Waals surface area contributed by atoms with E-state index in [1.54, 1.807) is 6.82 Å². The number of carbonyl (C=O) groups is 2. The Kier molecular flexibility index (Phi) is 4.02. The van der Waals surface area contributed by atoms with E-state index in [2.05, 4.69) is 4.74 Å². The molecule has 1 aliphatic rings. The Bertz CT molecular complexity index is 477. The molecule has 5 nitrogen and oxygen atoms in total.